The van der Waals surface area contributed by atoms with Gasteiger partial charge >= 0.3 is 6.09 Å². The second-order valence-electron chi connectivity index (χ2n) is 10.8. The quantitative estimate of drug-likeness (QED) is 0.245. The fourth-order valence-electron chi connectivity index (χ4n) is 5.80. The van der Waals surface area contributed by atoms with Crippen LogP contribution < -0.4 is 5.32 Å². The topological polar surface area (TPSA) is 83.2 Å². The Kier molecular flexibility index (Phi) is 7.98. The van der Waals surface area contributed by atoms with Gasteiger partial charge in [0, 0.05) is 31.7 Å². The summed E-state index contributed by atoms with van der Waals surface area (Å²) in [5, 5.41) is 16.1. The Labute approximate surface area is 246 Å². The molecule has 1 fully saturated rings. The van der Waals surface area contributed by atoms with Gasteiger partial charge in [-0.15, -0.1) is 0 Å². The molecule has 1 amide bonds. The molecule has 6 rings (SSSR count). The van der Waals surface area contributed by atoms with Crippen LogP contribution in [0.4, 0.5) is 4.79 Å². The number of ether oxygens (including phenoxy) is 1. The van der Waals surface area contributed by atoms with Gasteiger partial charge in [0.1, 0.15) is 6.61 Å². The maximum absolute atomic E-state index is 12.7. The summed E-state index contributed by atoms with van der Waals surface area (Å²) in [6.45, 7) is 1.52. The molecule has 1 saturated heterocycles. The minimum absolute atomic E-state index is 0.138. The zero-order chi connectivity index (χ0) is 28.9. The first-order valence-corrected chi connectivity index (χ1v) is 14.3. The van der Waals surface area contributed by atoms with Crippen LogP contribution in [-0.2, 0) is 18.4 Å². The molecular weight excluding hydrogens is 522 g/mol. The van der Waals surface area contributed by atoms with Gasteiger partial charge in [-0.2, -0.15) is 5.26 Å². The number of fused-ring (bicyclic) bond motifs is 1. The van der Waals surface area contributed by atoms with Crippen LogP contribution in [-0.4, -0.2) is 39.7 Å². The van der Waals surface area contributed by atoms with Crippen molar-refractivity contribution in [1.29, 1.82) is 5.26 Å². The molecular formula is C35H33N5O2. The van der Waals surface area contributed by atoms with Crippen molar-refractivity contribution in [2.45, 2.75) is 31.5 Å². The van der Waals surface area contributed by atoms with Gasteiger partial charge in [0.15, 0.2) is 0 Å². The molecule has 7 nitrogen and oxygen atoms in total. The van der Waals surface area contributed by atoms with Gasteiger partial charge in [0.2, 0.25) is 0 Å². The van der Waals surface area contributed by atoms with Crippen molar-refractivity contribution in [3.63, 3.8) is 0 Å². The Balaban J connectivity index is 1.23. The maximum Gasteiger partial charge on any atom is 0.410 e. The number of nitrogens with zero attached hydrogens (tertiary/aromatic N) is 4. The summed E-state index contributed by atoms with van der Waals surface area (Å²) in [6, 6.07) is 32.8. The summed E-state index contributed by atoms with van der Waals surface area (Å²) in [6.07, 6.45) is 5.05. The summed E-state index contributed by atoms with van der Waals surface area (Å²) in [5.74, 6) is 0. The Hall–Kier alpha value is -4.93. The average Bonchev–Trinajstić information content (AvgIpc) is 3.48. The highest BCUT2D eigenvalue weighted by Gasteiger charge is 2.28. The Morgan fingerprint density at radius 2 is 1.76 bits per heavy atom. The van der Waals surface area contributed by atoms with Gasteiger partial charge in [0.05, 0.1) is 35.9 Å². The lowest BCUT2D eigenvalue weighted by Crippen LogP contribution is -2.46. The molecule has 210 valence electrons. The first-order valence-electron chi connectivity index (χ1n) is 14.3. The van der Waals surface area contributed by atoms with Crippen molar-refractivity contribution in [2.75, 3.05) is 13.1 Å². The number of aryl methyl sites for hydroxylation is 1. The van der Waals surface area contributed by atoms with E-state index in [0.29, 0.717) is 18.7 Å². The number of nitrogens with one attached hydrogen (secondary N) is 1. The van der Waals surface area contributed by atoms with Crippen molar-refractivity contribution >= 4 is 16.9 Å². The molecule has 1 atom stereocenters. The van der Waals surface area contributed by atoms with Crippen LogP contribution in [0.5, 0.6) is 0 Å². The van der Waals surface area contributed by atoms with Crippen molar-refractivity contribution < 1.29 is 9.53 Å². The number of imidazole rings is 1. The van der Waals surface area contributed by atoms with Gasteiger partial charge < -0.3 is 19.5 Å². The molecule has 0 aliphatic carbocycles. The summed E-state index contributed by atoms with van der Waals surface area (Å²) >= 11 is 0. The zero-order valence-electron chi connectivity index (χ0n) is 23.6. The Morgan fingerprint density at radius 3 is 2.52 bits per heavy atom. The Morgan fingerprint density at radius 1 is 1.00 bits per heavy atom. The summed E-state index contributed by atoms with van der Waals surface area (Å²) in [7, 11) is 2.00. The number of rotatable bonds is 7. The minimum Gasteiger partial charge on any atom is -0.445 e. The van der Waals surface area contributed by atoms with Gasteiger partial charge in [-0.1, -0.05) is 78.9 Å². The number of hydrogen-bond donors (Lipinski definition) is 1. The fourth-order valence-corrected chi connectivity index (χ4v) is 5.80. The molecule has 0 radical (unpaired) electrons. The average molecular weight is 556 g/mol. The maximum atomic E-state index is 12.7. The molecule has 1 unspecified atom stereocenters. The number of aromatic nitrogens is 2. The van der Waals surface area contributed by atoms with Crippen LogP contribution in [0.3, 0.4) is 0 Å². The molecule has 1 N–H and O–H groups in total. The third kappa shape index (κ3) is 5.76. The van der Waals surface area contributed by atoms with Crippen molar-refractivity contribution in [3.05, 3.63) is 126 Å². The van der Waals surface area contributed by atoms with Gasteiger partial charge in [-0.25, -0.2) is 9.78 Å². The van der Waals surface area contributed by atoms with Gasteiger partial charge in [-0.05, 0) is 52.4 Å². The molecule has 1 aromatic heterocycles. The minimum atomic E-state index is -0.271. The highest BCUT2D eigenvalue weighted by atomic mass is 16.6. The monoisotopic (exact) mass is 555 g/mol. The van der Waals surface area contributed by atoms with Crippen molar-refractivity contribution in [3.8, 4) is 17.2 Å². The van der Waals surface area contributed by atoms with E-state index in [1.807, 2.05) is 84.8 Å². The van der Waals surface area contributed by atoms with E-state index in [0.717, 1.165) is 51.6 Å². The smallest absolute Gasteiger partial charge is 0.410 e. The third-order valence-electron chi connectivity index (χ3n) is 8.09. The van der Waals surface area contributed by atoms with Crippen molar-refractivity contribution in [1.82, 2.24) is 19.8 Å². The highest BCUT2D eigenvalue weighted by Crippen LogP contribution is 2.34. The third-order valence-corrected chi connectivity index (χ3v) is 8.09. The fraction of sp³-hybridized carbons (Fsp3) is 0.229. The van der Waals surface area contributed by atoms with Gasteiger partial charge in [-0.3, -0.25) is 0 Å². The van der Waals surface area contributed by atoms with E-state index in [-0.39, 0.29) is 24.8 Å². The zero-order valence-corrected chi connectivity index (χ0v) is 23.6. The molecule has 0 saturated carbocycles. The van der Waals surface area contributed by atoms with E-state index >= 15 is 0 Å². The molecule has 42 heavy (non-hydrogen) atoms. The predicted octanol–water partition coefficient (Wildman–Crippen LogP) is 6.59. The van der Waals surface area contributed by atoms with E-state index in [1.165, 1.54) is 0 Å². The molecule has 0 spiro atoms. The van der Waals surface area contributed by atoms with Crippen LogP contribution in [0.15, 0.2) is 104 Å². The number of benzene rings is 4. The molecule has 5 aromatic rings. The van der Waals surface area contributed by atoms with Crippen LogP contribution in [0.1, 0.15) is 41.3 Å². The highest BCUT2D eigenvalue weighted by molar-refractivity contribution is 5.97. The van der Waals surface area contributed by atoms with Crippen LogP contribution >= 0.6 is 0 Å². The van der Waals surface area contributed by atoms with E-state index in [9.17, 15) is 10.1 Å². The number of carbonyl (C=O) groups is 1. The van der Waals surface area contributed by atoms with E-state index in [1.54, 1.807) is 4.90 Å². The molecule has 4 aromatic carbocycles. The normalized spacial score (nSPS) is 14.4. The molecule has 2 heterocycles. The number of nitriles is 1. The number of carbonyl (C=O) groups excluding carboxylic acids is 1. The number of hydrogen-bond acceptors (Lipinski definition) is 5. The van der Waals surface area contributed by atoms with Crippen molar-refractivity contribution in [2.24, 2.45) is 7.05 Å². The first kappa shape index (κ1) is 27.3. The van der Waals surface area contributed by atoms with E-state index in [4.69, 9.17) is 4.74 Å². The SMILES string of the molecule is Cn1cncc1C(NC1CCN(C(=O)OCc2ccccc2)CC1)c1ccc(C#N)c(-c2cccc3ccccc23)c1. The predicted molar refractivity (Wildman–Crippen MR) is 164 cm³/mol. The lowest BCUT2D eigenvalue weighted by molar-refractivity contribution is 0.0847. The first-order chi connectivity index (χ1) is 20.6. The molecule has 0 bridgehead atoms. The second kappa shape index (κ2) is 12.3. The summed E-state index contributed by atoms with van der Waals surface area (Å²) < 4.78 is 7.60. The molecule has 1 aliphatic rings. The van der Waals surface area contributed by atoms with E-state index < -0.39 is 0 Å². The van der Waals surface area contributed by atoms with Gasteiger partial charge in [0.25, 0.3) is 0 Å². The lowest BCUT2D eigenvalue weighted by Gasteiger charge is -2.34. The number of piperidine rings is 1. The molecule has 1 aliphatic heterocycles. The lowest BCUT2D eigenvalue weighted by atomic mass is 9.91. The number of likely N-dealkylation sites (tertiary alicyclic amines) is 1. The van der Waals surface area contributed by atoms with E-state index in [2.05, 4.69) is 46.7 Å². The number of amides is 1. The Bertz CT molecular complexity index is 1730. The molecule has 7 heteroatoms. The summed E-state index contributed by atoms with van der Waals surface area (Å²) in [4.78, 5) is 18.9. The van der Waals surface area contributed by atoms with Crippen LogP contribution in [0.25, 0.3) is 21.9 Å². The standard InChI is InChI=1S/C35H33N5O2/c1-39-24-37-22-33(39)34(38-29-16-18-40(19-17-29)35(41)42-23-25-8-3-2-4-9-25)27-14-15-28(21-36)32(20-27)31-13-7-11-26-10-5-6-12-30(26)31/h2-15,20,22,24,29,34,38H,16-19,23H2,1H3. The largest absolute Gasteiger partial charge is 0.445 e. The van der Waals surface area contributed by atoms with Crippen LogP contribution in [0, 0.1) is 11.3 Å². The summed E-state index contributed by atoms with van der Waals surface area (Å²) in [5.41, 5.74) is 5.67. The second-order valence-corrected chi connectivity index (χ2v) is 10.8. The van der Waals surface area contributed by atoms with Crippen LogP contribution in [0.2, 0.25) is 0 Å².